The average Bonchev–Trinajstić information content (AvgIpc) is 3.20. The van der Waals surface area contributed by atoms with Crippen molar-refractivity contribution in [1.29, 1.82) is 0 Å². The van der Waals surface area contributed by atoms with Crippen LogP contribution < -0.4 is 15.8 Å². The molecule has 3 unspecified atom stereocenters. The van der Waals surface area contributed by atoms with Crippen molar-refractivity contribution in [3.8, 4) is 5.75 Å². The van der Waals surface area contributed by atoms with Crippen molar-refractivity contribution in [2.24, 2.45) is 11.7 Å². The van der Waals surface area contributed by atoms with Gasteiger partial charge in [0.1, 0.15) is 18.2 Å². The number of hydrogen-bond acceptors (Lipinski definition) is 4. The lowest BCUT2D eigenvalue weighted by atomic mass is 9.94. The van der Waals surface area contributed by atoms with Crippen molar-refractivity contribution in [1.82, 2.24) is 0 Å². The number of carbonyl (C=O) groups excluding carboxylic acids is 1. The number of halogens is 1. The van der Waals surface area contributed by atoms with E-state index >= 15 is 0 Å². The maximum absolute atomic E-state index is 13.7. The molecular weight excluding hydrogens is 347 g/mol. The Morgan fingerprint density at radius 3 is 2.81 bits per heavy atom. The van der Waals surface area contributed by atoms with E-state index in [-0.39, 0.29) is 12.0 Å². The maximum atomic E-state index is 13.7. The summed E-state index contributed by atoms with van der Waals surface area (Å²) in [4.78, 5) is 12.7. The normalized spacial score (nSPS) is 18.7. The highest BCUT2D eigenvalue weighted by molar-refractivity contribution is 5.94. The minimum absolute atomic E-state index is 0.0315. The third kappa shape index (κ3) is 5.05. The smallest absolute Gasteiger partial charge is 0.229 e. The molecular formula is C21H25FN2O3. The van der Waals surface area contributed by atoms with Gasteiger partial charge in [-0.05, 0) is 30.5 Å². The van der Waals surface area contributed by atoms with Crippen molar-refractivity contribution < 1.29 is 18.7 Å². The Bertz CT molecular complexity index is 763. The Balaban J connectivity index is 1.67. The van der Waals surface area contributed by atoms with Gasteiger partial charge in [0.15, 0.2) is 0 Å². The second-order valence-corrected chi connectivity index (χ2v) is 6.80. The van der Waals surface area contributed by atoms with Crippen molar-refractivity contribution in [3.05, 3.63) is 59.9 Å². The van der Waals surface area contributed by atoms with E-state index < -0.39 is 17.8 Å². The molecule has 6 heteroatoms. The molecule has 3 atom stereocenters. The summed E-state index contributed by atoms with van der Waals surface area (Å²) in [5.41, 5.74) is 7.39. The molecule has 1 amide bonds. The Labute approximate surface area is 158 Å². The summed E-state index contributed by atoms with van der Waals surface area (Å²) in [6.07, 6.45) is 1.98. The first-order valence-corrected chi connectivity index (χ1v) is 9.20. The third-order valence-corrected chi connectivity index (χ3v) is 4.78. The number of rotatable bonds is 7. The van der Waals surface area contributed by atoms with Crippen molar-refractivity contribution in [2.75, 3.05) is 18.5 Å². The van der Waals surface area contributed by atoms with E-state index in [1.807, 2.05) is 30.3 Å². The zero-order valence-corrected chi connectivity index (χ0v) is 15.4. The van der Waals surface area contributed by atoms with Crippen molar-refractivity contribution in [2.45, 2.75) is 31.9 Å². The second-order valence-electron chi connectivity index (χ2n) is 6.80. The van der Waals surface area contributed by atoms with Gasteiger partial charge in [0, 0.05) is 18.7 Å². The molecule has 0 radical (unpaired) electrons. The summed E-state index contributed by atoms with van der Waals surface area (Å²) in [5, 5.41) is 2.75. The first-order chi connectivity index (χ1) is 13.0. The molecule has 1 aliphatic rings. The van der Waals surface area contributed by atoms with E-state index in [0.717, 1.165) is 25.0 Å². The number of benzene rings is 2. The van der Waals surface area contributed by atoms with Crippen molar-refractivity contribution >= 4 is 11.6 Å². The molecule has 0 saturated carbocycles. The molecule has 0 aromatic heterocycles. The Kier molecular flexibility index (Phi) is 6.42. The summed E-state index contributed by atoms with van der Waals surface area (Å²) >= 11 is 0. The van der Waals surface area contributed by atoms with Crippen LogP contribution in [0.4, 0.5) is 10.1 Å². The van der Waals surface area contributed by atoms with Gasteiger partial charge in [-0.1, -0.05) is 37.3 Å². The molecule has 144 valence electrons. The highest BCUT2D eigenvalue weighted by atomic mass is 19.1. The lowest BCUT2D eigenvalue weighted by Gasteiger charge is -2.21. The fraction of sp³-hybridized carbons (Fsp3) is 0.381. The third-order valence-electron chi connectivity index (χ3n) is 4.78. The fourth-order valence-electron chi connectivity index (χ4n) is 3.06. The van der Waals surface area contributed by atoms with Gasteiger partial charge in [-0.2, -0.15) is 0 Å². The number of amides is 1. The zero-order chi connectivity index (χ0) is 19.2. The van der Waals surface area contributed by atoms with Gasteiger partial charge < -0.3 is 20.5 Å². The predicted molar refractivity (Wildman–Crippen MR) is 102 cm³/mol. The Morgan fingerprint density at radius 1 is 1.33 bits per heavy atom. The summed E-state index contributed by atoms with van der Waals surface area (Å²) in [6.45, 7) is 2.85. The van der Waals surface area contributed by atoms with Crippen LogP contribution in [0.15, 0.2) is 48.5 Å². The molecule has 3 rings (SSSR count). The summed E-state index contributed by atoms with van der Waals surface area (Å²) in [5.74, 6) is -0.823. The van der Waals surface area contributed by atoms with Crippen LogP contribution in [-0.4, -0.2) is 25.2 Å². The molecule has 5 nitrogen and oxygen atoms in total. The van der Waals surface area contributed by atoms with Crippen molar-refractivity contribution in [3.63, 3.8) is 0 Å². The molecule has 1 fully saturated rings. The van der Waals surface area contributed by atoms with E-state index in [4.69, 9.17) is 15.2 Å². The fourth-order valence-corrected chi connectivity index (χ4v) is 3.06. The van der Waals surface area contributed by atoms with E-state index in [0.29, 0.717) is 18.0 Å². The molecule has 3 N–H and O–H groups in total. The van der Waals surface area contributed by atoms with Crippen LogP contribution in [0.3, 0.4) is 0 Å². The van der Waals surface area contributed by atoms with E-state index in [2.05, 4.69) is 5.32 Å². The summed E-state index contributed by atoms with van der Waals surface area (Å²) in [6, 6.07) is 13.0. The Morgan fingerprint density at radius 2 is 2.11 bits per heavy atom. The molecule has 1 saturated heterocycles. The van der Waals surface area contributed by atoms with Crippen LogP contribution >= 0.6 is 0 Å². The number of anilines is 1. The zero-order valence-electron chi connectivity index (χ0n) is 15.4. The summed E-state index contributed by atoms with van der Waals surface area (Å²) < 4.78 is 25.0. The van der Waals surface area contributed by atoms with E-state index in [9.17, 15) is 9.18 Å². The molecule has 1 aliphatic heterocycles. The lowest BCUT2D eigenvalue weighted by molar-refractivity contribution is -0.120. The Hall–Kier alpha value is -2.44. The molecule has 0 bridgehead atoms. The number of nitrogens with one attached hydrogen (secondary N) is 1. The van der Waals surface area contributed by atoms with Crippen LogP contribution in [-0.2, 0) is 9.53 Å². The minimum atomic E-state index is -0.498. The van der Waals surface area contributed by atoms with Crippen LogP contribution in [0.2, 0.25) is 0 Å². The molecule has 2 aromatic carbocycles. The monoisotopic (exact) mass is 372 g/mol. The number of hydrogen-bond donors (Lipinski definition) is 2. The molecule has 1 heterocycles. The quantitative estimate of drug-likeness (QED) is 0.778. The van der Waals surface area contributed by atoms with Crippen LogP contribution in [0.25, 0.3) is 0 Å². The highest BCUT2D eigenvalue weighted by Crippen LogP contribution is 2.28. The number of ether oxygens (including phenoxy) is 2. The van der Waals surface area contributed by atoms with Gasteiger partial charge >= 0.3 is 0 Å². The molecule has 0 spiro atoms. The second kappa shape index (κ2) is 8.97. The lowest BCUT2D eigenvalue weighted by Crippen LogP contribution is -2.30. The molecule has 27 heavy (non-hydrogen) atoms. The van der Waals surface area contributed by atoms with E-state index in [1.165, 1.54) is 18.2 Å². The maximum Gasteiger partial charge on any atom is 0.229 e. The van der Waals surface area contributed by atoms with Gasteiger partial charge in [-0.3, -0.25) is 4.79 Å². The van der Waals surface area contributed by atoms with Gasteiger partial charge in [0.25, 0.3) is 0 Å². The summed E-state index contributed by atoms with van der Waals surface area (Å²) in [7, 11) is 0. The van der Waals surface area contributed by atoms with Crippen LogP contribution in [0.5, 0.6) is 5.75 Å². The molecule has 2 aromatic rings. The van der Waals surface area contributed by atoms with Gasteiger partial charge in [0.05, 0.1) is 17.7 Å². The van der Waals surface area contributed by atoms with E-state index in [1.54, 1.807) is 6.92 Å². The highest BCUT2D eigenvalue weighted by Gasteiger charge is 2.24. The largest absolute Gasteiger partial charge is 0.489 e. The first-order valence-electron chi connectivity index (χ1n) is 9.20. The standard InChI is InChI=1S/C21H25FN2O3/c1-14(20(23)15-6-3-2-4-7-15)21(25)24-18-12-16(22)9-10-19(18)27-13-17-8-5-11-26-17/h2-4,6-7,9-10,12,14,17,20H,5,8,11,13,23H2,1H3,(H,24,25). The average molecular weight is 372 g/mol. The minimum Gasteiger partial charge on any atom is -0.489 e. The van der Waals surface area contributed by atoms with Gasteiger partial charge in [-0.25, -0.2) is 4.39 Å². The van der Waals surface area contributed by atoms with Gasteiger partial charge in [-0.15, -0.1) is 0 Å². The molecule has 0 aliphatic carbocycles. The van der Waals surface area contributed by atoms with Gasteiger partial charge in [0.2, 0.25) is 5.91 Å². The number of carbonyl (C=O) groups is 1. The SMILES string of the molecule is CC(C(=O)Nc1cc(F)ccc1OCC1CCCO1)C(N)c1ccccc1. The topological polar surface area (TPSA) is 73.6 Å². The van der Waals surface area contributed by atoms with Crippen LogP contribution in [0, 0.1) is 11.7 Å². The first kappa shape index (κ1) is 19.3. The number of nitrogens with two attached hydrogens (primary N) is 1. The predicted octanol–water partition coefficient (Wildman–Crippen LogP) is 3.66. The van der Waals surface area contributed by atoms with Crippen LogP contribution in [0.1, 0.15) is 31.4 Å².